The molecule has 0 saturated carbocycles. The third kappa shape index (κ3) is 4.96. The van der Waals surface area contributed by atoms with Crippen LogP contribution in [-0.4, -0.2) is 24.4 Å². The molecule has 0 spiro atoms. The van der Waals surface area contributed by atoms with E-state index in [2.05, 4.69) is 43.8 Å². The van der Waals surface area contributed by atoms with Gasteiger partial charge in [-0.1, -0.05) is 34.1 Å². The molecule has 0 aliphatic rings. The van der Waals surface area contributed by atoms with Crippen molar-refractivity contribution < 1.29 is 9.84 Å². The largest absolute Gasteiger partial charge is 0.491 e. The van der Waals surface area contributed by atoms with Crippen LogP contribution in [0.4, 0.5) is 5.69 Å². The van der Waals surface area contributed by atoms with Gasteiger partial charge in [-0.25, -0.2) is 0 Å². The summed E-state index contributed by atoms with van der Waals surface area (Å²) in [6.07, 6.45) is -0.565. The predicted molar refractivity (Wildman–Crippen MR) is 93.3 cm³/mol. The number of ether oxygens (including phenoxy) is 1. The van der Waals surface area contributed by atoms with E-state index in [0.29, 0.717) is 6.54 Å². The van der Waals surface area contributed by atoms with Gasteiger partial charge in [0.15, 0.2) is 0 Å². The maximum Gasteiger partial charge on any atom is 0.120 e. The van der Waals surface area contributed by atoms with Gasteiger partial charge in [0.05, 0.1) is 0 Å². The Morgan fingerprint density at radius 2 is 2.00 bits per heavy atom. The van der Waals surface area contributed by atoms with Gasteiger partial charge in [0.1, 0.15) is 18.5 Å². The lowest BCUT2D eigenvalue weighted by Crippen LogP contribution is -2.26. The highest BCUT2D eigenvalue weighted by molar-refractivity contribution is 14.1. The maximum atomic E-state index is 9.93. The molecule has 106 valence electrons. The van der Waals surface area contributed by atoms with E-state index in [1.165, 1.54) is 0 Å². The molecule has 2 rings (SSSR count). The summed E-state index contributed by atoms with van der Waals surface area (Å²) in [7, 11) is 0. The molecule has 0 fully saturated rings. The molecule has 0 aliphatic heterocycles. The fourth-order valence-electron chi connectivity index (χ4n) is 1.64. The average Bonchev–Trinajstić information content (AvgIpc) is 2.44. The maximum absolute atomic E-state index is 9.93. The first-order valence-corrected chi connectivity index (χ1v) is 8.07. The Labute approximate surface area is 140 Å². The lowest BCUT2D eigenvalue weighted by Gasteiger charge is -2.15. The Kier molecular flexibility index (Phi) is 6.12. The van der Waals surface area contributed by atoms with Gasteiger partial charge in [0.2, 0.25) is 0 Å². The molecular weight excluding hydrogens is 433 g/mol. The number of aliphatic hydroxyl groups excluding tert-OH is 1. The SMILES string of the molecule is OC(CNc1ccccc1I)COc1cccc(Br)c1. The van der Waals surface area contributed by atoms with Gasteiger partial charge in [-0.3, -0.25) is 0 Å². The van der Waals surface area contributed by atoms with Crippen LogP contribution >= 0.6 is 38.5 Å². The first-order chi connectivity index (χ1) is 9.65. The third-order valence-corrected chi connectivity index (χ3v) is 4.07. The third-order valence-electron chi connectivity index (χ3n) is 2.64. The minimum absolute atomic E-state index is 0.257. The first kappa shape index (κ1) is 15.6. The molecule has 0 aliphatic carbocycles. The van der Waals surface area contributed by atoms with Gasteiger partial charge in [0, 0.05) is 20.3 Å². The minimum atomic E-state index is -0.565. The molecule has 20 heavy (non-hydrogen) atoms. The van der Waals surface area contributed by atoms with Crippen LogP contribution < -0.4 is 10.1 Å². The molecule has 5 heteroatoms. The summed E-state index contributed by atoms with van der Waals surface area (Å²) < 4.78 is 7.63. The molecule has 0 aromatic heterocycles. The molecule has 0 saturated heterocycles. The molecule has 2 aromatic carbocycles. The van der Waals surface area contributed by atoms with Crippen molar-refractivity contribution in [2.24, 2.45) is 0 Å². The lowest BCUT2D eigenvalue weighted by atomic mass is 10.3. The van der Waals surface area contributed by atoms with Crippen molar-refractivity contribution in [1.82, 2.24) is 0 Å². The second kappa shape index (κ2) is 7.85. The second-order valence-electron chi connectivity index (χ2n) is 4.28. The van der Waals surface area contributed by atoms with Crippen molar-refractivity contribution in [3.8, 4) is 5.75 Å². The summed E-state index contributed by atoms with van der Waals surface area (Å²) in [6.45, 7) is 0.709. The number of benzene rings is 2. The fraction of sp³-hybridized carbons (Fsp3) is 0.200. The number of hydrogen-bond donors (Lipinski definition) is 2. The number of nitrogens with one attached hydrogen (secondary N) is 1. The van der Waals surface area contributed by atoms with Crippen molar-refractivity contribution in [2.45, 2.75) is 6.10 Å². The molecule has 2 aromatic rings. The summed E-state index contributed by atoms with van der Waals surface area (Å²) in [4.78, 5) is 0. The van der Waals surface area contributed by atoms with Crippen molar-refractivity contribution in [3.05, 3.63) is 56.6 Å². The number of anilines is 1. The van der Waals surface area contributed by atoms with E-state index in [1.54, 1.807) is 0 Å². The summed E-state index contributed by atoms with van der Waals surface area (Å²) in [5, 5.41) is 13.1. The van der Waals surface area contributed by atoms with Crippen LogP contribution in [0.25, 0.3) is 0 Å². The number of hydrogen-bond acceptors (Lipinski definition) is 3. The van der Waals surface area contributed by atoms with Gasteiger partial charge >= 0.3 is 0 Å². The second-order valence-corrected chi connectivity index (χ2v) is 6.36. The summed E-state index contributed by atoms with van der Waals surface area (Å²) in [5.41, 5.74) is 1.02. The summed E-state index contributed by atoms with van der Waals surface area (Å²) >= 11 is 5.64. The Balaban J connectivity index is 1.78. The van der Waals surface area contributed by atoms with Crippen molar-refractivity contribution >= 4 is 44.2 Å². The average molecular weight is 448 g/mol. The van der Waals surface area contributed by atoms with Gasteiger partial charge in [-0.15, -0.1) is 0 Å². The zero-order valence-corrected chi connectivity index (χ0v) is 14.5. The predicted octanol–water partition coefficient (Wildman–Crippen LogP) is 3.91. The van der Waals surface area contributed by atoms with E-state index < -0.39 is 6.10 Å². The van der Waals surface area contributed by atoms with Crippen LogP contribution in [0.5, 0.6) is 5.75 Å². The Morgan fingerprint density at radius 1 is 1.20 bits per heavy atom. The van der Waals surface area contributed by atoms with Gasteiger partial charge < -0.3 is 15.2 Å². The smallest absolute Gasteiger partial charge is 0.120 e. The number of aliphatic hydroxyl groups is 1. The normalized spacial score (nSPS) is 11.9. The van der Waals surface area contributed by atoms with Crippen molar-refractivity contribution in [3.63, 3.8) is 0 Å². The van der Waals surface area contributed by atoms with E-state index in [1.807, 2.05) is 48.5 Å². The molecule has 0 bridgehead atoms. The topological polar surface area (TPSA) is 41.5 Å². The quantitative estimate of drug-likeness (QED) is 0.660. The summed E-state index contributed by atoms with van der Waals surface area (Å²) in [6, 6.07) is 15.5. The zero-order chi connectivity index (χ0) is 14.4. The molecule has 0 amide bonds. The highest BCUT2D eigenvalue weighted by Gasteiger charge is 2.06. The molecule has 0 heterocycles. The Bertz CT molecular complexity index is 565. The highest BCUT2D eigenvalue weighted by Crippen LogP contribution is 2.18. The van der Waals surface area contributed by atoms with Crippen LogP contribution in [0.15, 0.2) is 53.0 Å². The van der Waals surface area contributed by atoms with Gasteiger partial charge in [-0.05, 0) is 52.9 Å². The monoisotopic (exact) mass is 447 g/mol. The molecule has 2 N–H and O–H groups in total. The van der Waals surface area contributed by atoms with E-state index in [-0.39, 0.29) is 6.61 Å². The van der Waals surface area contributed by atoms with Crippen LogP contribution in [0.2, 0.25) is 0 Å². The standard InChI is InChI=1S/C15H15BrINO2/c16-11-4-3-5-13(8-11)20-10-12(19)9-18-15-7-2-1-6-14(15)17/h1-8,12,18-19H,9-10H2. The Morgan fingerprint density at radius 3 is 2.75 bits per heavy atom. The Hall–Kier alpha value is -0.790. The van der Waals surface area contributed by atoms with Crippen molar-refractivity contribution in [2.75, 3.05) is 18.5 Å². The number of halogens is 2. The van der Waals surface area contributed by atoms with E-state index in [0.717, 1.165) is 19.5 Å². The first-order valence-electron chi connectivity index (χ1n) is 6.20. The summed E-state index contributed by atoms with van der Waals surface area (Å²) in [5.74, 6) is 0.743. The van der Waals surface area contributed by atoms with E-state index in [9.17, 15) is 5.11 Å². The molecule has 1 atom stereocenters. The minimum Gasteiger partial charge on any atom is -0.491 e. The fourth-order valence-corrected chi connectivity index (χ4v) is 2.60. The zero-order valence-electron chi connectivity index (χ0n) is 10.7. The van der Waals surface area contributed by atoms with Crippen LogP contribution in [0, 0.1) is 3.57 Å². The van der Waals surface area contributed by atoms with Gasteiger partial charge in [-0.2, -0.15) is 0 Å². The van der Waals surface area contributed by atoms with Crippen LogP contribution in [0.1, 0.15) is 0 Å². The van der Waals surface area contributed by atoms with Crippen molar-refractivity contribution in [1.29, 1.82) is 0 Å². The molecule has 0 radical (unpaired) electrons. The molecular formula is C15H15BrINO2. The lowest BCUT2D eigenvalue weighted by molar-refractivity contribution is 0.117. The number of rotatable bonds is 6. The van der Waals surface area contributed by atoms with E-state index in [4.69, 9.17) is 4.74 Å². The van der Waals surface area contributed by atoms with Gasteiger partial charge in [0.25, 0.3) is 0 Å². The highest BCUT2D eigenvalue weighted by atomic mass is 127. The van der Waals surface area contributed by atoms with Crippen LogP contribution in [-0.2, 0) is 0 Å². The number of para-hydroxylation sites is 1. The molecule has 3 nitrogen and oxygen atoms in total. The molecule has 1 unspecified atom stereocenters. The van der Waals surface area contributed by atoms with Crippen LogP contribution in [0.3, 0.4) is 0 Å². The van der Waals surface area contributed by atoms with E-state index >= 15 is 0 Å².